The normalized spacial score (nSPS) is 12.5. The van der Waals surface area contributed by atoms with Crippen LogP contribution in [0.25, 0.3) is 0 Å². The highest BCUT2D eigenvalue weighted by Gasteiger charge is 2.19. The number of carboxylic acids is 1. The van der Waals surface area contributed by atoms with Crippen molar-refractivity contribution in [1.82, 2.24) is 5.32 Å². The highest BCUT2D eigenvalue weighted by atomic mass is 16.4. The summed E-state index contributed by atoms with van der Waals surface area (Å²) in [6, 6.07) is 0. The van der Waals surface area contributed by atoms with Crippen LogP contribution in [0, 0.1) is 5.92 Å². The summed E-state index contributed by atoms with van der Waals surface area (Å²) in [6.45, 7) is 3.78. The smallest absolute Gasteiger partial charge is 0.334 e. The third-order valence-electron chi connectivity index (χ3n) is 2.40. The number of hydrogen-bond acceptors (Lipinski definition) is 3. The quantitative estimate of drug-likeness (QED) is 0.575. The van der Waals surface area contributed by atoms with E-state index in [0.717, 1.165) is 25.7 Å². The second-order valence-corrected chi connectivity index (χ2v) is 3.87. The number of hydrogen-bond donors (Lipinski definition) is 3. The lowest BCUT2D eigenvalue weighted by molar-refractivity contribution is -0.146. The molecule has 0 bridgehead atoms. The van der Waals surface area contributed by atoms with Gasteiger partial charge in [-0.25, -0.2) is 4.79 Å². The minimum Gasteiger partial charge on any atom is -0.479 e. The molecule has 5 nitrogen and oxygen atoms in total. The lowest BCUT2D eigenvalue weighted by atomic mass is 9.97. The van der Waals surface area contributed by atoms with Crippen molar-refractivity contribution < 1.29 is 19.8 Å². The van der Waals surface area contributed by atoms with Gasteiger partial charge in [0.05, 0.1) is 6.54 Å². The van der Waals surface area contributed by atoms with E-state index in [9.17, 15) is 9.59 Å². The Morgan fingerprint density at radius 3 is 2.06 bits per heavy atom. The summed E-state index contributed by atoms with van der Waals surface area (Å²) in [4.78, 5) is 22.0. The average molecular weight is 231 g/mol. The predicted molar refractivity (Wildman–Crippen MR) is 60.0 cm³/mol. The maximum atomic E-state index is 11.6. The molecular weight excluding hydrogens is 210 g/mol. The molecule has 1 atom stereocenters. The largest absolute Gasteiger partial charge is 0.479 e. The van der Waals surface area contributed by atoms with Gasteiger partial charge in [0.25, 0.3) is 0 Å². The van der Waals surface area contributed by atoms with E-state index < -0.39 is 12.1 Å². The molecular formula is C11H21NO4. The lowest BCUT2D eigenvalue weighted by Crippen LogP contribution is -2.39. The Hall–Kier alpha value is -1.10. The monoisotopic (exact) mass is 231 g/mol. The van der Waals surface area contributed by atoms with Crippen molar-refractivity contribution in [3.63, 3.8) is 0 Å². The van der Waals surface area contributed by atoms with Gasteiger partial charge in [-0.3, -0.25) is 4.79 Å². The Labute approximate surface area is 95.9 Å². The lowest BCUT2D eigenvalue weighted by Gasteiger charge is -2.15. The molecule has 1 unspecified atom stereocenters. The zero-order chi connectivity index (χ0) is 12.6. The minimum atomic E-state index is -1.52. The van der Waals surface area contributed by atoms with Gasteiger partial charge in [0.1, 0.15) is 0 Å². The van der Waals surface area contributed by atoms with Gasteiger partial charge < -0.3 is 15.5 Å². The van der Waals surface area contributed by atoms with Gasteiger partial charge in [-0.05, 0) is 12.8 Å². The van der Waals surface area contributed by atoms with Crippen LogP contribution in [0.4, 0.5) is 0 Å². The van der Waals surface area contributed by atoms with Crippen molar-refractivity contribution >= 4 is 11.9 Å². The van der Waals surface area contributed by atoms with Crippen molar-refractivity contribution in [2.45, 2.75) is 45.6 Å². The van der Waals surface area contributed by atoms with Gasteiger partial charge in [0.15, 0.2) is 6.10 Å². The second-order valence-electron chi connectivity index (χ2n) is 3.87. The minimum absolute atomic E-state index is 0.0732. The Balaban J connectivity index is 4.04. The van der Waals surface area contributed by atoms with Crippen molar-refractivity contribution in [3.05, 3.63) is 0 Å². The fourth-order valence-electron chi connectivity index (χ4n) is 1.53. The van der Waals surface area contributed by atoms with E-state index in [4.69, 9.17) is 10.2 Å². The second kappa shape index (κ2) is 8.10. The van der Waals surface area contributed by atoms with Crippen molar-refractivity contribution in [1.29, 1.82) is 0 Å². The summed E-state index contributed by atoms with van der Waals surface area (Å²) in [7, 11) is 0. The van der Waals surface area contributed by atoms with E-state index >= 15 is 0 Å². The van der Waals surface area contributed by atoms with Gasteiger partial charge >= 0.3 is 5.97 Å². The summed E-state index contributed by atoms with van der Waals surface area (Å²) >= 11 is 0. The van der Waals surface area contributed by atoms with Crippen LogP contribution >= 0.6 is 0 Å². The third-order valence-corrected chi connectivity index (χ3v) is 2.40. The van der Waals surface area contributed by atoms with Gasteiger partial charge in [0, 0.05) is 5.92 Å². The van der Waals surface area contributed by atoms with Gasteiger partial charge in [-0.15, -0.1) is 0 Å². The molecule has 0 radical (unpaired) electrons. The van der Waals surface area contributed by atoms with Crippen LogP contribution in [-0.2, 0) is 9.59 Å². The standard InChI is InChI=1S/C11H21NO4/c1-3-5-8(6-4-2)10(14)12-7-9(13)11(15)16/h8-9,13H,3-7H2,1-2H3,(H,12,14)(H,15,16). The van der Waals surface area contributed by atoms with Crippen molar-refractivity contribution in [2.75, 3.05) is 6.54 Å². The first-order valence-electron chi connectivity index (χ1n) is 5.71. The van der Waals surface area contributed by atoms with Crippen molar-refractivity contribution in [3.8, 4) is 0 Å². The van der Waals surface area contributed by atoms with E-state index in [0.29, 0.717) is 0 Å². The SMILES string of the molecule is CCCC(CCC)C(=O)NCC(O)C(=O)O. The zero-order valence-electron chi connectivity index (χ0n) is 9.90. The number of aliphatic carboxylic acids is 1. The van der Waals surface area contributed by atoms with Crippen LogP contribution in [-0.4, -0.2) is 34.7 Å². The molecule has 0 fully saturated rings. The molecule has 5 heteroatoms. The first kappa shape index (κ1) is 14.9. The first-order chi connectivity index (χ1) is 7.52. The number of aliphatic hydroxyl groups is 1. The summed E-state index contributed by atoms with van der Waals surface area (Å²) < 4.78 is 0. The fourth-order valence-corrected chi connectivity index (χ4v) is 1.53. The number of rotatable bonds is 8. The molecule has 94 valence electrons. The summed E-state index contributed by atoms with van der Waals surface area (Å²) in [5.74, 6) is -1.55. The van der Waals surface area contributed by atoms with Gasteiger partial charge in [-0.2, -0.15) is 0 Å². The molecule has 0 aromatic heterocycles. The molecule has 0 aliphatic heterocycles. The maximum absolute atomic E-state index is 11.6. The molecule has 0 saturated carbocycles. The van der Waals surface area contributed by atoms with Crippen LogP contribution in [0.3, 0.4) is 0 Å². The van der Waals surface area contributed by atoms with E-state index in [2.05, 4.69) is 5.32 Å². The Kier molecular flexibility index (Phi) is 7.54. The van der Waals surface area contributed by atoms with Gasteiger partial charge in [-0.1, -0.05) is 26.7 Å². The molecule has 0 aliphatic carbocycles. The van der Waals surface area contributed by atoms with Crippen LogP contribution in [0.2, 0.25) is 0 Å². The highest BCUT2D eigenvalue weighted by molar-refractivity contribution is 5.80. The molecule has 0 aromatic rings. The summed E-state index contributed by atoms with van der Waals surface area (Å²) in [5.41, 5.74) is 0. The third kappa shape index (κ3) is 5.70. The molecule has 16 heavy (non-hydrogen) atoms. The van der Waals surface area contributed by atoms with Crippen molar-refractivity contribution in [2.24, 2.45) is 5.92 Å². The van der Waals surface area contributed by atoms with E-state index in [1.54, 1.807) is 0 Å². The van der Waals surface area contributed by atoms with Crippen LogP contribution < -0.4 is 5.32 Å². The molecule has 0 rings (SSSR count). The molecule has 3 N–H and O–H groups in total. The van der Waals surface area contributed by atoms with E-state index in [1.807, 2.05) is 13.8 Å². The maximum Gasteiger partial charge on any atom is 0.334 e. The molecule has 0 spiro atoms. The number of carbonyl (C=O) groups is 2. The van der Waals surface area contributed by atoms with Crippen LogP contribution in [0.5, 0.6) is 0 Å². The number of amides is 1. The summed E-state index contributed by atoms with van der Waals surface area (Å²) in [6.07, 6.45) is 1.90. The predicted octanol–water partition coefficient (Wildman–Crippen LogP) is 0.764. The highest BCUT2D eigenvalue weighted by Crippen LogP contribution is 2.13. The zero-order valence-corrected chi connectivity index (χ0v) is 9.90. The molecule has 0 heterocycles. The molecule has 0 aliphatic rings. The number of carbonyl (C=O) groups excluding carboxylic acids is 1. The topological polar surface area (TPSA) is 86.6 Å². The molecule has 0 aromatic carbocycles. The fraction of sp³-hybridized carbons (Fsp3) is 0.818. The first-order valence-corrected chi connectivity index (χ1v) is 5.71. The van der Waals surface area contributed by atoms with Crippen LogP contribution in [0.15, 0.2) is 0 Å². The Morgan fingerprint density at radius 1 is 1.19 bits per heavy atom. The van der Waals surface area contributed by atoms with Gasteiger partial charge in [0.2, 0.25) is 5.91 Å². The van der Waals surface area contributed by atoms with E-state index in [1.165, 1.54) is 0 Å². The number of aliphatic hydroxyl groups excluding tert-OH is 1. The Bertz CT molecular complexity index is 224. The number of carboxylic acid groups (broad SMARTS) is 1. The summed E-state index contributed by atoms with van der Waals surface area (Å²) in [5, 5.41) is 19.9. The molecule has 1 amide bonds. The molecule has 0 saturated heterocycles. The van der Waals surface area contributed by atoms with E-state index in [-0.39, 0.29) is 18.4 Å². The number of nitrogens with one attached hydrogen (secondary N) is 1. The van der Waals surface area contributed by atoms with Crippen LogP contribution in [0.1, 0.15) is 39.5 Å². The average Bonchev–Trinajstić information content (AvgIpc) is 2.24. The Morgan fingerprint density at radius 2 is 1.69 bits per heavy atom.